The highest BCUT2D eigenvalue weighted by molar-refractivity contribution is 6.36. The molecule has 0 spiro atoms. The molecule has 3 fully saturated rings. The van der Waals surface area contributed by atoms with Crippen molar-refractivity contribution < 1.29 is 4.74 Å². The van der Waals surface area contributed by atoms with Crippen LogP contribution in [0.3, 0.4) is 0 Å². The second-order valence-corrected chi connectivity index (χ2v) is 11.6. The molecule has 7 nitrogen and oxygen atoms in total. The number of anilines is 2. The molecular weight excluding hydrogens is 496 g/mol. The first-order valence-corrected chi connectivity index (χ1v) is 14.2. The van der Waals surface area contributed by atoms with Crippen molar-refractivity contribution in [1.29, 1.82) is 5.26 Å². The van der Waals surface area contributed by atoms with Gasteiger partial charge in [0.05, 0.1) is 5.02 Å². The van der Waals surface area contributed by atoms with Gasteiger partial charge < -0.3 is 19.9 Å². The number of benzene rings is 2. The van der Waals surface area contributed by atoms with Gasteiger partial charge >= 0.3 is 0 Å². The van der Waals surface area contributed by atoms with E-state index < -0.39 is 0 Å². The van der Waals surface area contributed by atoms with E-state index in [1.807, 2.05) is 12.1 Å². The largest absolute Gasteiger partial charge is 0.475 e. The predicted octanol–water partition coefficient (Wildman–Crippen LogP) is 4.06. The van der Waals surface area contributed by atoms with Gasteiger partial charge in [-0.1, -0.05) is 35.9 Å². The molecule has 4 aliphatic rings. The number of piperazine rings is 1. The molecule has 2 saturated heterocycles. The summed E-state index contributed by atoms with van der Waals surface area (Å²) in [5, 5.41) is 16.8. The molecule has 38 heavy (non-hydrogen) atoms. The molecule has 0 amide bonds. The lowest BCUT2D eigenvalue weighted by molar-refractivity contribution is 0.170. The van der Waals surface area contributed by atoms with Gasteiger partial charge in [-0.15, -0.1) is 0 Å². The molecule has 8 heteroatoms. The van der Waals surface area contributed by atoms with E-state index in [4.69, 9.17) is 21.3 Å². The number of aromatic nitrogens is 1. The fourth-order valence-electron chi connectivity index (χ4n) is 6.89. The Morgan fingerprint density at radius 2 is 1.92 bits per heavy atom. The van der Waals surface area contributed by atoms with Crippen molar-refractivity contribution in [3.63, 3.8) is 0 Å². The third-order valence-electron chi connectivity index (χ3n) is 8.99. The lowest BCUT2D eigenvalue weighted by atomic mass is 9.94. The third-order valence-corrected chi connectivity index (χ3v) is 9.30. The Bertz CT molecular complexity index is 1420. The minimum absolute atomic E-state index is 0.404. The zero-order valence-corrected chi connectivity index (χ0v) is 22.5. The molecular formula is C30H33ClN6O. The zero-order chi connectivity index (χ0) is 25.8. The Labute approximate surface area is 228 Å². The van der Waals surface area contributed by atoms with Gasteiger partial charge in [-0.3, -0.25) is 4.90 Å². The summed E-state index contributed by atoms with van der Waals surface area (Å²) in [5.41, 5.74) is 3.94. The second-order valence-electron chi connectivity index (χ2n) is 11.2. The maximum atomic E-state index is 10.4. The van der Waals surface area contributed by atoms with Crippen molar-refractivity contribution in [1.82, 2.24) is 15.2 Å². The second kappa shape index (κ2) is 9.60. The van der Waals surface area contributed by atoms with E-state index >= 15 is 0 Å². The first-order valence-electron chi connectivity index (χ1n) is 13.8. The number of nitriles is 1. The van der Waals surface area contributed by atoms with Crippen LogP contribution in [0.25, 0.3) is 10.8 Å². The average molecular weight is 529 g/mol. The van der Waals surface area contributed by atoms with E-state index in [0.29, 0.717) is 30.6 Å². The lowest BCUT2D eigenvalue weighted by Crippen LogP contribution is -2.45. The van der Waals surface area contributed by atoms with Gasteiger partial charge in [0, 0.05) is 74.1 Å². The van der Waals surface area contributed by atoms with Crippen LogP contribution in [0.4, 0.5) is 11.5 Å². The van der Waals surface area contributed by atoms with Crippen molar-refractivity contribution in [2.45, 2.75) is 25.4 Å². The maximum absolute atomic E-state index is 10.4. The number of halogens is 1. The average Bonchev–Trinajstić information content (AvgIpc) is 3.63. The van der Waals surface area contributed by atoms with Gasteiger partial charge in [0.25, 0.3) is 0 Å². The van der Waals surface area contributed by atoms with Crippen molar-refractivity contribution in [2.24, 2.45) is 11.8 Å². The van der Waals surface area contributed by atoms with Crippen molar-refractivity contribution in [3.8, 4) is 11.9 Å². The van der Waals surface area contributed by atoms with Crippen LogP contribution in [-0.4, -0.2) is 68.8 Å². The number of rotatable bonds is 5. The molecule has 196 valence electrons. The van der Waals surface area contributed by atoms with Gasteiger partial charge in [-0.25, -0.2) is 0 Å². The molecule has 1 N–H and O–H groups in total. The summed E-state index contributed by atoms with van der Waals surface area (Å²) in [6, 6.07) is 15.3. The zero-order valence-electron chi connectivity index (χ0n) is 21.8. The normalized spacial score (nSPS) is 24.7. The number of ether oxygens (including phenoxy) is 1. The SMILES string of the molecule is CN1CC2CC2[C@H]1COc1nc(N2CCNCC2)c2c(c1C#N)CN(c1cccc3cccc(Cl)c13)CC2. The number of piperidine rings is 1. The van der Waals surface area contributed by atoms with Crippen LogP contribution in [-0.2, 0) is 13.0 Å². The fraction of sp³-hybridized carbons (Fsp3) is 0.467. The molecule has 1 aromatic heterocycles. The molecule has 2 aromatic carbocycles. The van der Waals surface area contributed by atoms with Crippen LogP contribution in [0.1, 0.15) is 23.1 Å². The lowest BCUT2D eigenvalue weighted by Gasteiger charge is -2.37. The molecule has 0 radical (unpaired) electrons. The first kappa shape index (κ1) is 24.0. The molecule has 1 saturated carbocycles. The Morgan fingerprint density at radius 3 is 2.68 bits per heavy atom. The first-order chi connectivity index (χ1) is 18.6. The maximum Gasteiger partial charge on any atom is 0.234 e. The van der Waals surface area contributed by atoms with Crippen LogP contribution in [0.15, 0.2) is 36.4 Å². The Morgan fingerprint density at radius 1 is 1.11 bits per heavy atom. The number of likely N-dealkylation sites (tertiary alicyclic amines) is 1. The van der Waals surface area contributed by atoms with Gasteiger partial charge in [-0.2, -0.15) is 10.2 Å². The Balaban J connectivity index is 1.28. The highest BCUT2D eigenvalue weighted by atomic mass is 35.5. The van der Waals surface area contributed by atoms with Crippen LogP contribution in [0.2, 0.25) is 5.02 Å². The summed E-state index contributed by atoms with van der Waals surface area (Å²) >= 11 is 6.70. The summed E-state index contributed by atoms with van der Waals surface area (Å²) in [6.45, 7) is 6.89. The number of nitrogens with one attached hydrogen (secondary N) is 1. The van der Waals surface area contributed by atoms with Crippen LogP contribution in [0.5, 0.6) is 5.88 Å². The van der Waals surface area contributed by atoms with Crippen molar-refractivity contribution in [2.75, 3.05) is 62.7 Å². The van der Waals surface area contributed by atoms with Crippen LogP contribution >= 0.6 is 11.6 Å². The Hall–Kier alpha value is -3.05. The molecule has 3 atom stereocenters. The number of pyridine rings is 1. The van der Waals surface area contributed by atoms with Gasteiger partial charge in [0.15, 0.2) is 0 Å². The van der Waals surface area contributed by atoms with E-state index in [2.05, 4.69) is 57.4 Å². The molecule has 2 unspecified atom stereocenters. The Kier molecular flexibility index (Phi) is 6.07. The summed E-state index contributed by atoms with van der Waals surface area (Å²) in [4.78, 5) is 12.2. The highest BCUT2D eigenvalue weighted by Crippen LogP contribution is 2.49. The fourth-order valence-corrected chi connectivity index (χ4v) is 7.17. The number of hydrogen-bond donors (Lipinski definition) is 1. The summed E-state index contributed by atoms with van der Waals surface area (Å²) < 4.78 is 6.45. The van der Waals surface area contributed by atoms with E-state index in [0.717, 1.165) is 90.4 Å². The van der Waals surface area contributed by atoms with E-state index in [1.54, 1.807) is 0 Å². The molecule has 3 aliphatic heterocycles. The van der Waals surface area contributed by atoms with E-state index in [1.165, 1.54) is 12.0 Å². The smallest absolute Gasteiger partial charge is 0.234 e. The topological polar surface area (TPSA) is 67.7 Å². The van der Waals surface area contributed by atoms with E-state index in [-0.39, 0.29) is 0 Å². The molecule has 7 rings (SSSR count). The number of likely N-dealkylation sites (N-methyl/N-ethyl adjacent to an activating group) is 1. The monoisotopic (exact) mass is 528 g/mol. The molecule has 4 heterocycles. The summed E-state index contributed by atoms with van der Waals surface area (Å²) in [7, 11) is 2.19. The standard InChI is InChI=1S/C30H33ClN6O/c1-35-16-20-14-22(20)27(35)18-38-30-23(15-32)24-17-37(26-7-3-5-19-4-2-6-25(31)28(19)26)11-8-21(24)29(34-30)36-12-9-33-10-13-36/h2-7,20,22,27,33H,8-14,16-18H2,1H3/t20?,22?,27-/m1/s1. The number of nitrogens with zero attached hydrogens (tertiary/aromatic N) is 5. The minimum Gasteiger partial charge on any atom is -0.475 e. The summed E-state index contributed by atoms with van der Waals surface area (Å²) in [6.07, 6.45) is 2.13. The van der Waals surface area contributed by atoms with Gasteiger partial charge in [0.1, 0.15) is 24.1 Å². The van der Waals surface area contributed by atoms with Gasteiger partial charge in [0.2, 0.25) is 5.88 Å². The van der Waals surface area contributed by atoms with Gasteiger partial charge in [-0.05, 0) is 49.2 Å². The van der Waals surface area contributed by atoms with Crippen molar-refractivity contribution in [3.05, 3.63) is 58.1 Å². The number of fused-ring (bicyclic) bond motifs is 3. The number of hydrogen-bond acceptors (Lipinski definition) is 7. The summed E-state index contributed by atoms with van der Waals surface area (Å²) in [5.74, 6) is 3.03. The van der Waals surface area contributed by atoms with E-state index in [9.17, 15) is 5.26 Å². The molecule has 0 bridgehead atoms. The molecule has 1 aliphatic carbocycles. The quantitative estimate of drug-likeness (QED) is 0.535. The highest BCUT2D eigenvalue weighted by Gasteiger charge is 2.51. The van der Waals surface area contributed by atoms with Crippen LogP contribution < -0.4 is 19.9 Å². The third kappa shape index (κ3) is 4.07. The predicted molar refractivity (Wildman–Crippen MR) is 151 cm³/mol. The minimum atomic E-state index is 0.404. The molecule has 3 aromatic rings. The van der Waals surface area contributed by atoms with Crippen molar-refractivity contribution >= 4 is 33.9 Å². The van der Waals surface area contributed by atoms with Crippen LogP contribution in [0, 0.1) is 23.2 Å².